The molecule has 0 aliphatic rings. The molecule has 0 saturated heterocycles. The van der Waals surface area contributed by atoms with E-state index in [4.69, 9.17) is 5.11 Å². The summed E-state index contributed by atoms with van der Waals surface area (Å²) in [6.07, 6.45) is 2.52. The number of nitrogens with one attached hydrogen (secondary N) is 1. The fraction of sp³-hybridized carbons (Fsp3) is 0.538. The zero-order chi connectivity index (χ0) is 15.0. The zero-order valence-electron chi connectivity index (χ0n) is 11.7. The lowest BCUT2D eigenvalue weighted by Gasteiger charge is -2.07. The molecule has 0 unspecified atom stereocenters. The Bertz CT molecular complexity index is 477. The number of carbonyl (C=O) groups excluding carboxylic acids is 1. The largest absolute Gasteiger partial charge is 0.481 e. The molecule has 0 fully saturated rings. The number of aryl methyl sites for hydroxylation is 1. The Morgan fingerprint density at radius 2 is 2.05 bits per heavy atom. The molecule has 20 heavy (non-hydrogen) atoms. The second kappa shape index (κ2) is 8.08. The number of nitrogens with zero attached hydrogens (tertiary/aromatic N) is 2. The van der Waals surface area contributed by atoms with Crippen LogP contribution >= 0.6 is 0 Å². The summed E-state index contributed by atoms with van der Waals surface area (Å²) in [5.41, 5.74) is 0.675. The van der Waals surface area contributed by atoms with Crippen molar-refractivity contribution in [2.24, 2.45) is 0 Å². The summed E-state index contributed by atoms with van der Waals surface area (Å²) in [5, 5.41) is 11.6. The van der Waals surface area contributed by atoms with Crippen molar-refractivity contribution in [3.63, 3.8) is 0 Å². The number of ether oxygens (including phenoxy) is 1. The molecule has 0 aliphatic heterocycles. The van der Waals surface area contributed by atoms with E-state index in [0.717, 1.165) is 12.8 Å². The number of aliphatic carboxylic acids is 1. The Hall–Kier alpha value is -2.18. The summed E-state index contributed by atoms with van der Waals surface area (Å²) in [7, 11) is 1.28. The zero-order valence-corrected chi connectivity index (χ0v) is 11.7. The van der Waals surface area contributed by atoms with Gasteiger partial charge in [0.25, 0.3) is 0 Å². The molecule has 0 spiro atoms. The second-order valence-electron chi connectivity index (χ2n) is 4.34. The highest BCUT2D eigenvalue weighted by Gasteiger charge is 2.11. The summed E-state index contributed by atoms with van der Waals surface area (Å²) in [6, 6.07) is 1.74. The second-order valence-corrected chi connectivity index (χ2v) is 4.34. The Kier molecular flexibility index (Phi) is 6.42. The van der Waals surface area contributed by atoms with Crippen molar-refractivity contribution in [2.75, 3.05) is 19.0 Å². The number of carbonyl (C=O) groups is 2. The minimum absolute atomic E-state index is 0.0286. The van der Waals surface area contributed by atoms with Crippen molar-refractivity contribution in [3.05, 3.63) is 17.6 Å². The van der Waals surface area contributed by atoms with Gasteiger partial charge in [0.2, 0.25) is 5.82 Å². The predicted octanol–water partition coefficient (Wildman–Crippen LogP) is 1.63. The van der Waals surface area contributed by atoms with E-state index in [2.05, 4.69) is 20.0 Å². The van der Waals surface area contributed by atoms with Crippen LogP contribution in [-0.2, 0) is 9.53 Å². The van der Waals surface area contributed by atoms with Crippen molar-refractivity contribution in [2.45, 2.75) is 32.6 Å². The lowest BCUT2D eigenvalue weighted by atomic mass is 10.2. The number of esters is 1. The van der Waals surface area contributed by atoms with Crippen LogP contribution in [0.5, 0.6) is 0 Å². The van der Waals surface area contributed by atoms with Gasteiger partial charge in [-0.15, -0.1) is 0 Å². The molecular weight excluding hydrogens is 262 g/mol. The van der Waals surface area contributed by atoms with E-state index >= 15 is 0 Å². The van der Waals surface area contributed by atoms with Crippen LogP contribution in [0.25, 0.3) is 0 Å². The summed E-state index contributed by atoms with van der Waals surface area (Å²) in [6.45, 7) is 2.43. The van der Waals surface area contributed by atoms with Gasteiger partial charge in [-0.05, 0) is 19.8 Å². The first-order valence-electron chi connectivity index (χ1n) is 6.42. The maximum absolute atomic E-state index is 11.4. The number of anilines is 1. The Balaban J connectivity index is 2.42. The van der Waals surface area contributed by atoms with E-state index < -0.39 is 11.9 Å². The predicted molar refractivity (Wildman–Crippen MR) is 72.7 cm³/mol. The van der Waals surface area contributed by atoms with E-state index in [1.807, 2.05) is 0 Å². The molecule has 1 rings (SSSR count). The highest BCUT2D eigenvalue weighted by Crippen LogP contribution is 2.08. The maximum atomic E-state index is 11.4. The van der Waals surface area contributed by atoms with Crippen LogP contribution in [0.3, 0.4) is 0 Å². The fourth-order valence-electron chi connectivity index (χ4n) is 1.64. The van der Waals surface area contributed by atoms with Crippen molar-refractivity contribution < 1.29 is 19.4 Å². The molecule has 0 saturated carbocycles. The van der Waals surface area contributed by atoms with E-state index in [9.17, 15) is 9.59 Å². The number of carboxylic acid groups (broad SMARTS) is 1. The fourth-order valence-corrected chi connectivity index (χ4v) is 1.64. The number of aromatic nitrogens is 2. The third-order valence-electron chi connectivity index (χ3n) is 2.60. The molecule has 1 heterocycles. The summed E-state index contributed by atoms with van der Waals surface area (Å²) < 4.78 is 4.58. The SMILES string of the molecule is COC(=O)c1nc(C)cc(NCCCCCC(=O)O)n1. The molecule has 0 bridgehead atoms. The molecule has 1 aromatic heterocycles. The summed E-state index contributed by atoms with van der Waals surface area (Å²) in [4.78, 5) is 29.8. The van der Waals surface area contributed by atoms with Crippen molar-refractivity contribution in [1.82, 2.24) is 9.97 Å². The van der Waals surface area contributed by atoms with Gasteiger partial charge in [-0.1, -0.05) is 6.42 Å². The molecule has 0 aromatic carbocycles. The average molecular weight is 281 g/mol. The molecule has 2 N–H and O–H groups in total. The van der Waals surface area contributed by atoms with E-state index in [-0.39, 0.29) is 12.2 Å². The van der Waals surface area contributed by atoms with Gasteiger partial charge in [-0.25, -0.2) is 14.8 Å². The van der Waals surface area contributed by atoms with Crippen LogP contribution in [0.4, 0.5) is 5.82 Å². The molecule has 0 amide bonds. The molecule has 110 valence electrons. The van der Waals surface area contributed by atoms with Crippen LogP contribution < -0.4 is 5.32 Å². The van der Waals surface area contributed by atoms with Gasteiger partial charge >= 0.3 is 11.9 Å². The van der Waals surface area contributed by atoms with Gasteiger partial charge in [-0.3, -0.25) is 4.79 Å². The molecule has 0 radical (unpaired) electrons. The lowest BCUT2D eigenvalue weighted by molar-refractivity contribution is -0.137. The van der Waals surface area contributed by atoms with Gasteiger partial charge in [0, 0.05) is 24.7 Å². The van der Waals surface area contributed by atoms with Gasteiger partial charge < -0.3 is 15.2 Å². The molecule has 7 heteroatoms. The number of unbranched alkanes of at least 4 members (excludes halogenated alkanes) is 2. The standard InChI is InChI=1S/C13H19N3O4/c1-9-8-10(16-12(15-9)13(19)20-2)14-7-5-3-4-6-11(17)18/h8H,3-7H2,1-2H3,(H,17,18)(H,14,15,16). The van der Waals surface area contributed by atoms with Gasteiger partial charge in [0.1, 0.15) is 5.82 Å². The monoisotopic (exact) mass is 281 g/mol. The van der Waals surface area contributed by atoms with Crippen LogP contribution in [-0.4, -0.2) is 40.7 Å². The van der Waals surface area contributed by atoms with Crippen LogP contribution in [0.1, 0.15) is 42.0 Å². The number of hydrogen-bond acceptors (Lipinski definition) is 6. The lowest BCUT2D eigenvalue weighted by Crippen LogP contribution is -2.12. The summed E-state index contributed by atoms with van der Waals surface area (Å²) in [5.74, 6) is -0.748. The van der Waals surface area contributed by atoms with Crippen molar-refractivity contribution >= 4 is 17.8 Å². The highest BCUT2D eigenvalue weighted by atomic mass is 16.5. The minimum Gasteiger partial charge on any atom is -0.481 e. The Morgan fingerprint density at radius 1 is 1.30 bits per heavy atom. The first kappa shape index (κ1) is 15.9. The van der Waals surface area contributed by atoms with Crippen molar-refractivity contribution in [1.29, 1.82) is 0 Å². The average Bonchev–Trinajstić information content (AvgIpc) is 2.40. The third kappa shape index (κ3) is 5.64. The molecule has 7 nitrogen and oxygen atoms in total. The van der Waals surface area contributed by atoms with E-state index in [1.165, 1.54) is 7.11 Å². The maximum Gasteiger partial charge on any atom is 0.376 e. The normalized spacial score (nSPS) is 10.1. The highest BCUT2D eigenvalue weighted by molar-refractivity contribution is 5.85. The first-order valence-corrected chi connectivity index (χ1v) is 6.42. The van der Waals surface area contributed by atoms with Gasteiger partial charge in [0.05, 0.1) is 7.11 Å². The number of carboxylic acids is 1. The molecule has 0 aliphatic carbocycles. The minimum atomic E-state index is -0.771. The van der Waals surface area contributed by atoms with E-state index in [1.54, 1.807) is 13.0 Å². The summed E-state index contributed by atoms with van der Waals surface area (Å²) >= 11 is 0. The molecule has 1 aromatic rings. The van der Waals surface area contributed by atoms with Gasteiger partial charge in [0.15, 0.2) is 0 Å². The number of rotatable bonds is 8. The molecule has 0 atom stereocenters. The number of methoxy groups -OCH3 is 1. The Morgan fingerprint density at radius 3 is 2.70 bits per heavy atom. The first-order chi connectivity index (χ1) is 9.52. The number of hydrogen-bond donors (Lipinski definition) is 2. The quantitative estimate of drug-likeness (QED) is 0.551. The Labute approximate surface area is 117 Å². The van der Waals surface area contributed by atoms with Gasteiger partial charge in [-0.2, -0.15) is 0 Å². The molecular formula is C13H19N3O4. The van der Waals surface area contributed by atoms with E-state index in [0.29, 0.717) is 24.5 Å². The van der Waals surface area contributed by atoms with Crippen LogP contribution in [0.2, 0.25) is 0 Å². The smallest absolute Gasteiger partial charge is 0.376 e. The topological polar surface area (TPSA) is 101 Å². The third-order valence-corrected chi connectivity index (χ3v) is 2.60. The van der Waals surface area contributed by atoms with Crippen molar-refractivity contribution in [3.8, 4) is 0 Å². The van der Waals surface area contributed by atoms with Crippen LogP contribution in [0.15, 0.2) is 6.07 Å². The van der Waals surface area contributed by atoms with Crippen LogP contribution in [0, 0.1) is 6.92 Å².